The highest BCUT2D eigenvalue weighted by atomic mass is 35.5. The largest absolute Gasteiger partial charge is 0.305 e. The molecular weight excluding hydrogens is 273 g/mol. The molecule has 1 saturated carbocycles. The van der Waals surface area contributed by atoms with Crippen molar-refractivity contribution >= 4 is 23.2 Å². The van der Waals surface area contributed by atoms with E-state index in [1.807, 2.05) is 0 Å². The van der Waals surface area contributed by atoms with Crippen LogP contribution in [-0.2, 0) is 0 Å². The lowest BCUT2D eigenvalue weighted by molar-refractivity contribution is 0.970. The lowest BCUT2D eigenvalue weighted by Crippen LogP contribution is -2.10. The van der Waals surface area contributed by atoms with Crippen LogP contribution >= 0.6 is 23.2 Å². The molecular formula is C12H9Cl2N3O. The van der Waals surface area contributed by atoms with Crippen molar-refractivity contribution in [3.05, 3.63) is 44.4 Å². The van der Waals surface area contributed by atoms with Gasteiger partial charge in [0.1, 0.15) is 5.69 Å². The van der Waals surface area contributed by atoms with Crippen molar-refractivity contribution in [2.45, 2.75) is 18.8 Å². The maximum atomic E-state index is 11.6. The van der Waals surface area contributed by atoms with Gasteiger partial charge in [0, 0.05) is 18.2 Å². The molecule has 0 amide bonds. The Morgan fingerprint density at radius 2 is 2.06 bits per heavy atom. The molecule has 2 heterocycles. The predicted molar refractivity (Wildman–Crippen MR) is 70.1 cm³/mol. The lowest BCUT2D eigenvalue weighted by atomic mass is 10.2. The van der Waals surface area contributed by atoms with Gasteiger partial charge in [-0.25, -0.2) is 9.97 Å². The molecule has 1 N–H and O–H groups in total. The quantitative estimate of drug-likeness (QED) is 0.921. The van der Waals surface area contributed by atoms with Crippen LogP contribution in [0.3, 0.4) is 0 Å². The van der Waals surface area contributed by atoms with Crippen LogP contribution in [0.1, 0.15) is 24.5 Å². The second-order valence-corrected chi connectivity index (χ2v) is 5.12. The molecule has 0 bridgehead atoms. The van der Waals surface area contributed by atoms with E-state index in [4.69, 9.17) is 23.2 Å². The van der Waals surface area contributed by atoms with Gasteiger partial charge in [0.15, 0.2) is 5.82 Å². The highest BCUT2D eigenvalue weighted by Crippen LogP contribution is 2.39. The molecule has 4 nitrogen and oxygen atoms in total. The molecule has 92 valence electrons. The summed E-state index contributed by atoms with van der Waals surface area (Å²) in [5, 5.41) is 0.822. The van der Waals surface area contributed by atoms with Crippen LogP contribution in [0.2, 0.25) is 10.0 Å². The van der Waals surface area contributed by atoms with Crippen molar-refractivity contribution < 1.29 is 0 Å². The Bertz CT molecular complexity index is 665. The predicted octanol–water partition coefficient (Wildman–Crippen LogP) is 3.02. The van der Waals surface area contributed by atoms with Crippen molar-refractivity contribution in [3.8, 4) is 11.5 Å². The molecule has 0 aliphatic heterocycles. The van der Waals surface area contributed by atoms with Gasteiger partial charge in [-0.1, -0.05) is 23.2 Å². The number of nitrogens with zero attached hydrogens (tertiary/aromatic N) is 2. The summed E-state index contributed by atoms with van der Waals surface area (Å²) in [7, 11) is 0. The van der Waals surface area contributed by atoms with Gasteiger partial charge >= 0.3 is 0 Å². The zero-order valence-electron chi connectivity index (χ0n) is 9.28. The number of aromatic nitrogens is 3. The fourth-order valence-electron chi connectivity index (χ4n) is 1.77. The molecule has 1 aliphatic rings. The minimum atomic E-state index is -0.185. The van der Waals surface area contributed by atoms with Crippen molar-refractivity contribution in [1.29, 1.82) is 0 Å². The summed E-state index contributed by atoms with van der Waals surface area (Å²) in [6, 6.07) is 3.11. The van der Waals surface area contributed by atoms with Gasteiger partial charge in [-0.15, -0.1) is 0 Å². The number of hydrogen-bond donors (Lipinski definition) is 1. The fraction of sp³-hybridized carbons (Fsp3) is 0.250. The molecule has 1 aliphatic carbocycles. The fourth-order valence-corrected chi connectivity index (χ4v) is 2.24. The molecule has 2 aromatic heterocycles. The molecule has 0 unspecified atom stereocenters. The summed E-state index contributed by atoms with van der Waals surface area (Å²) in [6.07, 6.45) is 3.64. The summed E-state index contributed by atoms with van der Waals surface area (Å²) < 4.78 is 0. The van der Waals surface area contributed by atoms with Crippen molar-refractivity contribution in [2.75, 3.05) is 0 Å². The van der Waals surface area contributed by atoms with Crippen LogP contribution in [0, 0.1) is 0 Å². The van der Waals surface area contributed by atoms with Gasteiger partial charge in [0.2, 0.25) is 0 Å². The van der Waals surface area contributed by atoms with E-state index in [2.05, 4.69) is 15.0 Å². The van der Waals surface area contributed by atoms with E-state index in [0.717, 1.165) is 18.5 Å². The smallest absolute Gasteiger partial charge is 0.251 e. The van der Waals surface area contributed by atoms with Gasteiger partial charge in [0.25, 0.3) is 5.56 Å². The van der Waals surface area contributed by atoms with Crippen LogP contribution in [0.25, 0.3) is 11.5 Å². The van der Waals surface area contributed by atoms with Crippen LogP contribution in [0.4, 0.5) is 0 Å². The second kappa shape index (κ2) is 4.37. The number of pyridine rings is 1. The maximum absolute atomic E-state index is 11.6. The number of halogens is 2. The highest BCUT2D eigenvalue weighted by molar-refractivity contribution is 6.35. The minimum Gasteiger partial charge on any atom is -0.305 e. The molecule has 1 fully saturated rings. The lowest BCUT2D eigenvalue weighted by Gasteiger charge is -2.04. The second-order valence-electron chi connectivity index (χ2n) is 4.28. The summed E-state index contributed by atoms with van der Waals surface area (Å²) in [6.45, 7) is 0. The first-order valence-corrected chi connectivity index (χ1v) is 6.32. The van der Waals surface area contributed by atoms with Crippen LogP contribution in [-0.4, -0.2) is 15.0 Å². The summed E-state index contributed by atoms with van der Waals surface area (Å²) in [5.41, 5.74) is 1.07. The van der Waals surface area contributed by atoms with Gasteiger partial charge in [-0.3, -0.25) is 4.79 Å². The average Bonchev–Trinajstić information content (AvgIpc) is 3.11. The average molecular weight is 282 g/mol. The summed E-state index contributed by atoms with van der Waals surface area (Å²) >= 11 is 11.8. The molecule has 0 saturated heterocycles. The third-order valence-electron chi connectivity index (χ3n) is 2.79. The van der Waals surface area contributed by atoms with Crippen molar-refractivity contribution in [3.63, 3.8) is 0 Å². The van der Waals surface area contributed by atoms with Crippen LogP contribution in [0.15, 0.2) is 23.1 Å². The van der Waals surface area contributed by atoms with E-state index >= 15 is 0 Å². The third-order valence-corrected chi connectivity index (χ3v) is 3.28. The van der Waals surface area contributed by atoms with Crippen LogP contribution in [0.5, 0.6) is 0 Å². The molecule has 0 atom stereocenters. The molecule has 6 heteroatoms. The highest BCUT2D eigenvalue weighted by Gasteiger charge is 2.26. The van der Waals surface area contributed by atoms with E-state index in [1.165, 1.54) is 12.3 Å². The maximum Gasteiger partial charge on any atom is 0.251 e. The molecule has 18 heavy (non-hydrogen) atoms. The molecule has 0 spiro atoms. The zero-order chi connectivity index (χ0) is 12.7. The first kappa shape index (κ1) is 11.7. The molecule has 2 aromatic rings. The van der Waals surface area contributed by atoms with E-state index in [0.29, 0.717) is 27.5 Å². The Hall–Kier alpha value is -1.39. The number of nitrogens with one attached hydrogen (secondary N) is 1. The number of H-pyrrole nitrogens is 1. The monoisotopic (exact) mass is 281 g/mol. The van der Waals surface area contributed by atoms with E-state index in [-0.39, 0.29) is 5.56 Å². The van der Waals surface area contributed by atoms with Gasteiger partial charge in [-0.2, -0.15) is 0 Å². The Morgan fingerprint density at radius 3 is 2.72 bits per heavy atom. The van der Waals surface area contributed by atoms with Crippen LogP contribution < -0.4 is 5.56 Å². The Morgan fingerprint density at radius 1 is 1.28 bits per heavy atom. The third kappa shape index (κ3) is 2.26. The zero-order valence-corrected chi connectivity index (χ0v) is 10.8. The molecule has 0 radical (unpaired) electrons. The van der Waals surface area contributed by atoms with E-state index in [9.17, 15) is 4.79 Å². The standard InChI is InChI=1S/C12H9Cl2N3O/c13-7-3-8(14)11(15-5-7)12-16-9(6-1-2-6)4-10(18)17-12/h3-6H,1-2H2,(H,16,17,18). The van der Waals surface area contributed by atoms with Gasteiger partial charge < -0.3 is 4.98 Å². The van der Waals surface area contributed by atoms with Gasteiger partial charge in [0.05, 0.1) is 15.7 Å². The van der Waals surface area contributed by atoms with Gasteiger partial charge in [-0.05, 0) is 18.9 Å². The van der Waals surface area contributed by atoms with Crippen molar-refractivity contribution in [1.82, 2.24) is 15.0 Å². The Kier molecular flexibility index (Phi) is 2.84. The summed E-state index contributed by atoms with van der Waals surface area (Å²) in [5.74, 6) is 0.795. The first-order chi connectivity index (χ1) is 8.63. The minimum absolute atomic E-state index is 0.185. The van der Waals surface area contributed by atoms with E-state index < -0.39 is 0 Å². The number of aromatic amines is 1. The topological polar surface area (TPSA) is 58.6 Å². The first-order valence-electron chi connectivity index (χ1n) is 5.56. The number of hydrogen-bond acceptors (Lipinski definition) is 3. The van der Waals surface area contributed by atoms with Crippen molar-refractivity contribution in [2.24, 2.45) is 0 Å². The molecule has 3 rings (SSSR count). The Balaban J connectivity index is 2.13. The SMILES string of the molecule is O=c1cc(C2CC2)nc(-c2ncc(Cl)cc2Cl)[nH]1. The molecule has 0 aromatic carbocycles. The van der Waals surface area contributed by atoms with E-state index in [1.54, 1.807) is 6.07 Å². The number of rotatable bonds is 2. The summed E-state index contributed by atoms with van der Waals surface area (Å²) in [4.78, 5) is 22.8. The Labute approximate surface area is 113 Å². The normalized spacial score (nSPS) is 14.8.